The third-order valence-electron chi connectivity index (χ3n) is 6.16. The largest absolute Gasteiger partial charge is 0.494 e. The molecule has 0 spiro atoms. The maximum absolute atomic E-state index is 13.8. The van der Waals surface area contributed by atoms with E-state index in [1.807, 2.05) is 42.5 Å². The van der Waals surface area contributed by atoms with E-state index in [2.05, 4.69) is 79.7 Å². The average Bonchev–Trinajstić information content (AvgIpc) is 2.91. The van der Waals surface area contributed by atoms with Crippen LogP contribution in [0.4, 0.5) is 0 Å². The number of carbonyl (C=O) groups excluding carboxylic acids is 1. The van der Waals surface area contributed by atoms with Crippen LogP contribution < -0.4 is 20.7 Å². The van der Waals surface area contributed by atoms with Crippen LogP contribution >= 0.6 is 7.26 Å². The second-order valence-corrected chi connectivity index (χ2v) is 12.0. The van der Waals surface area contributed by atoms with E-state index in [-0.39, 0.29) is 5.78 Å². The minimum atomic E-state index is -2.19. The fraction of sp³-hybridized carbons (Fsp3) is 0.194. The van der Waals surface area contributed by atoms with Crippen LogP contribution in [0.1, 0.15) is 36.5 Å². The first-order valence-corrected chi connectivity index (χ1v) is 14.0. The normalized spacial score (nSPS) is 11.2. The van der Waals surface area contributed by atoms with Crippen LogP contribution in [0.2, 0.25) is 0 Å². The molecule has 0 heterocycles. The predicted molar refractivity (Wildman–Crippen MR) is 146 cm³/mol. The van der Waals surface area contributed by atoms with Gasteiger partial charge in [-0.3, -0.25) is 4.79 Å². The van der Waals surface area contributed by atoms with Gasteiger partial charge in [-0.2, -0.15) is 0 Å². The zero-order valence-electron chi connectivity index (χ0n) is 19.8. The number of hydrogen-bond acceptors (Lipinski definition) is 2. The molecule has 0 N–H and O–H groups in total. The lowest BCUT2D eigenvalue weighted by Crippen LogP contribution is -2.35. The van der Waals surface area contributed by atoms with Crippen molar-refractivity contribution in [2.45, 2.75) is 26.2 Å². The van der Waals surface area contributed by atoms with Gasteiger partial charge in [-0.05, 0) is 67.1 Å². The zero-order chi connectivity index (χ0) is 23.6. The van der Waals surface area contributed by atoms with Gasteiger partial charge in [-0.25, -0.2) is 0 Å². The summed E-state index contributed by atoms with van der Waals surface area (Å²) >= 11 is 0. The van der Waals surface area contributed by atoms with Crippen molar-refractivity contribution in [2.75, 3.05) is 12.8 Å². The third-order valence-corrected chi connectivity index (χ3v) is 10.5. The summed E-state index contributed by atoms with van der Waals surface area (Å²) in [6.45, 7) is 2.90. The van der Waals surface area contributed by atoms with Crippen molar-refractivity contribution in [1.29, 1.82) is 0 Å². The number of ether oxygens (including phenoxy) is 1. The maximum atomic E-state index is 13.8. The molecule has 0 saturated heterocycles. The topological polar surface area (TPSA) is 26.3 Å². The lowest BCUT2D eigenvalue weighted by molar-refractivity contribution is 0.102. The molecule has 0 atom stereocenters. The Morgan fingerprint density at radius 1 is 0.647 bits per heavy atom. The second-order valence-electron chi connectivity index (χ2n) is 8.48. The molecule has 0 unspecified atom stereocenters. The summed E-state index contributed by atoms with van der Waals surface area (Å²) in [5, 5.41) is 3.66. The average molecular weight is 468 g/mol. The van der Waals surface area contributed by atoms with Crippen LogP contribution in [0.15, 0.2) is 115 Å². The van der Waals surface area contributed by atoms with Gasteiger partial charge in [-0.15, -0.1) is 0 Å². The monoisotopic (exact) mass is 467 g/mol. The molecular weight excluding hydrogens is 435 g/mol. The fourth-order valence-electron chi connectivity index (χ4n) is 4.35. The highest BCUT2D eigenvalue weighted by molar-refractivity contribution is 7.96. The van der Waals surface area contributed by atoms with Crippen molar-refractivity contribution < 1.29 is 9.53 Å². The van der Waals surface area contributed by atoms with E-state index in [1.54, 1.807) is 0 Å². The highest BCUT2D eigenvalue weighted by Crippen LogP contribution is 2.55. The molecule has 0 aliphatic heterocycles. The lowest BCUT2D eigenvalue weighted by atomic mass is 10.1. The predicted octanol–water partition coefficient (Wildman–Crippen LogP) is 6.43. The number of carbonyl (C=O) groups is 1. The number of ketones is 1. The van der Waals surface area contributed by atoms with E-state index >= 15 is 0 Å². The first-order valence-electron chi connectivity index (χ1n) is 12.0. The summed E-state index contributed by atoms with van der Waals surface area (Å²) < 4.78 is 5.85. The summed E-state index contributed by atoms with van der Waals surface area (Å²) in [6, 6.07) is 39.3. The quantitative estimate of drug-likeness (QED) is 0.144. The molecule has 0 radical (unpaired) electrons. The molecule has 0 saturated carbocycles. The van der Waals surface area contributed by atoms with Crippen LogP contribution in [0.5, 0.6) is 5.75 Å². The Bertz CT molecular complexity index is 1060. The third kappa shape index (κ3) is 5.46. The van der Waals surface area contributed by atoms with Crippen molar-refractivity contribution in [3.63, 3.8) is 0 Å². The molecule has 4 aromatic rings. The van der Waals surface area contributed by atoms with Gasteiger partial charge >= 0.3 is 0 Å². The molecule has 3 heteroatoms. The minimum Gasteiger partial charge on any atom is -0.494 e. The van der Waals surface area contributed by atoms with Crippen molar-refractivity contribution in [2.24, 2.45) is 0 Å². The summed E-state index contributed by atoms with van der Waals surface area (Å²) in [4.78, 5) is 13.8. The first kappa shape index (κ1) is 23.9. The smallest absolute Gasteiger partial charge is 0.201 e. The van der Waals surface area contributed by atoms with Gasteiger partial charge in [0, 0.05) is 5.56 Å². The van der Waals surface area contributed by atoms with Crippen LogP contribution in [0.25, 0.3) is 0 Å². The molecule has 0 fully saturated rings. The Morgan fingerprint density at radius 3 is 1.56 bits per heavy atom. The van der Waals surface area contributed by atoms with E-state index in [4.69, 9.17) is 4.74 Å². The van der Waals surface area contributed by atoms with Gasteiger partial charge in [-0.1, -0.05) is 74.4 Å². The van der Waals surface area contributed by atoms with Crippen LogP contribution in [-0.2, 0) is 0 Å². The van der Waals surface area contributed by atoms with E-state index in [1.165, 1.54) is 28.8 Å². The number of benzene rings is 4. The Morgan fingerprint density at radius 2 is 1.12 bits per heavy atom. The molecule has 0 aromatic heterocycles. The first-order chi connectivity index (χ1) is 16.7. The van der Waals surface area contributed by atoms with Crippen LogP contribution in [-0.4, -0.2) is 18.6 Å². The molecule has 4 aromatic carbocycles. The fourth-order valence-corrected chi connectivity index (χ4v) is 8.45. The van der Waals surface area contributed by atoms with Crippen molar-refractivity contribution in [3.05, 3.63) is 121 Å². The summed E-state index contributed by atoms with van der Waals surface area (Å²) in [7, 11) is -2.19. The van der Waals surface area contributed by atoms with Gasteiger partial charge in [0.25, 0.3) is 0 Å². The molecule has 34 heavy (non-hydrogen) atoms. The van der Waals surface area contributed by atoms with Crippen molar-refractivity contribution in [3.8, 4) is 5.75 Å². The van der Waals surface area contributed by atoms with Crippen molar-refractivity contribution in [1.82, 2.24) is 0 Å². The number of hydrogen-bond donors (Lipinski definition) is 0. The molecule has 0 amide bonds. The summed E-state index contributed by atoms with van der Waals surface area (Å²) in [5.41, 5.74) is 0.730. The van der Waals surface area contributed by atoms with E-state index in [0.717, 1.165) is 17.7 Å². The molecule has 2 nitrogen and oxygen atoms in total. The summed E-state index contributed by atoms with van der Waals surface area (Å²) in [6.07, 6.45) is 3.84. The Kier molecular flexibility index (Phi) is 8.28. The Balaban J connectivity index is 1.70. The van der Waals surface area contributed by atoms with Gasteiger partial charge in [0.2, 0.25) is 5.78 Å². The zero-order valence-corrected chi connectivity index (χ0v) is 20.7. The van der Waals surface area contributed by atoms with E-state index < -0.39 is 7.26 Å². The number of rotatable bonds is 11. The van der Waals surface area contributed by atoms with Gasteiger partial charge in [0.15, 0.2) is 0 Å². The highest BCUT2D eigenvalue weighted by Gasteiger charge is 2.47. The lowest BCUT2D eigenvalue weighted by Gasteiger charge is -2.27. The number of unbranched alkanes of at least 4 members (excludes halogenated alkanes) is 2. The van der Waals surface area contributed by atoms with Gasteiger partial charge < -0.3 is 4.74 Å². The standard InChI is InChI=1S/C31H32O2P/c1-2-3-13-24-33-27-22-20-26(21-23-27)31(32)25-34(28-14-7-4-8-15-28,29-16-9-5-10-17-29)30-18-11-6-12-19-30/h4-12,14-23H,2-3,13,24-25H2,1H3/q+1. The molecular formula is C31H32O2P+. The van der Waals surface area contributed by atoms with Crippen molar-refractivity contribution >= 4 is 29.0 Å². The molecule has 172 valence electrons. The Labute approximate surface area is 204 Å². The van der Waals surface area contributed by atoms with E-state index in [9.17, 15) is 4.79 Å². The summed E-state index contributed by atoms with van der Waals surface area (Å²) in [5.74, 6) is 0.977. The maximum Gasteiger partial charge on any atom is 0.201 e. The van der Waals surface area contributed by atoms with Gasteiger partial charge in [0.05, 0.1) is 6.61 Å². The molecule has 0 bridgehead atoms. The Hall–Kier alpha value is -3.22. The van der Waals surface area contributed by atoms with Gasteiger partial charge in [0.1, 0.15) is 35.1 Å². The highest BCUT2D eigenvalue weighted by atomic mass is 31.2. The SMILES string of the molecule is CCCCCOc1ccc(C(=O)C[P+](c2ccccc2)(c2ccccc2)c2ccccc2)cc1. The van der Waals surface area contributed by atoms with E-state index in [0.29, 0.717) is 12.8 Å². The molecule has 4 rings (SSSR count). The molecule has 0 aliphatic rings. The minimum absolute atomic E-state index is 0.155. The van der Waals surface area contributed by atoms with Crippen LogP contribution in [0, 0.1) is 0 Å². The van der Waals surface area contributed by atoms with Crippen LogP contribution in [0.3, 0.4) is 0 Å². The molecule has 0 aliphatic carbocycles. The second kappa shape index (κ2) is 11.8. The number of Topliss-reactive ketones (excluding diaryl/α,β-unsaturated/α-hetero) is 1.